The molecular formula is C10H14O. The van der Waals surface area contributed by atoms with Crippen LogP contribution in [0, 0.1) is 0 Å². The van der Waals surface area contributed by atoms with Crippen molar-refractivity contribution in [2.24, 2.45) is 0 Å². The number of carbonyl (C=O) groups excluding carboxylic acids is 1. The summed E-state index contributed by atoms with van der Waals surface area (Å²) in [6.45, 7) is 9.20. The second-order valence-corrected chi connectivity index (χ2v) is 2.72. The van der Waals surface area contributed by atoms with Gasteiger partial charge < -0.3 is 0 Å². The van der Waals surface area contributed by atoms with E-state index in [4.69, 9.17) is 0 Å². The number of hydrogen-bond acceptors (Lipinski definition) is 1. The molecule has 0 fully saturated rings. The van der Waals surface area contributed by atoms with E-state index in [0.29, 0.717) is 0 Å². The largest absolute Gasteiger partial charge is 0.290 e. The van der Waals surface area contributed by atoms with Crippen LogP contribution in [0.4, 0.5) is 0 Å². The Morgan fingerprint density at radius 3 is 2.09 bits per heavy atom. The predicted octanol–water partition coefficient (Wildman–Crippen LogP) is 2.65. The van der Waals surface area contributed by atoms with Gasteiger partial charge in [0.15, 0.2) is 5.78 Å². The first-order chi connectivity index (χ1) is 5.06. The van der Waals surface area contributed by atoms with Crippen LogP contribution in [-0.2, 0) is 4.79 Å². The third-order valence-corrected chi connectivity index (χ3v) is 1.12. The van der Waals surface area contributed by atoms with Gasteiger partial charge in [-0.05, 0) is 38.5 Å². The van der Waals surface area contributed by atoms with Crippen LogP contribution in [0.2, 0.25) is 0 Å². The maximum absolute atomic E-state index is 11.0. The third kappa shape index (κ3) is 5.34. The van der Waals surface area contributed by atoms with Crippen LogP contribution in [0.1, 0.15) is 20.8 Å². The van der Waals surface area contributed by atoms with E-state index in [1.807, 2.05) is 20.8 Å². The highest BCUT2D eigenvalue weighted by atomic mass is 16.1. The van der Waals surface area contributed by atoms with Gasteiger partial charge in [0.25, 0.3) is 0 Å². The fourth-order valence-electron chi connectivity index (χ4n) is 0.610. The molecule has 0 aliphatic carbocycles. The minimum atomic E-state index is 0.0300. The van der Waals surface area contributed by atoms with Crippen LogP contribution in [0.25, 0.3) is 0 Å². The van der Waals surface area contributed by atoms with E-state index < -0.39 is 0 Å². The summed E-state index contributed by atoms with van der Waals surface area (Å²) in [6.07, 6.45) is 4.84. The quantitative estimate of drug-likeness (QED) is 0.446. The molecule has 11 heavy (non-hydrogen) atoms. The van der Waals surface area contributed by atoms with Crippen molar-refractivity contribution in [3.63, 3.8) is 0 Å². The monoisotopic (exact) mass is 150 g/mol. The number of hydrogen-bond donors (Lipinski definition) is 0. The van der Waals surface area contributed by atoms with Crippen molar-refractivity contribution >= 4 is 5.78 Å². The highest BCUT2D eigenvalue weighted by Gasteiger charge is 1.90. The van der Waals surface area contributed by atoms with Crippen LogP contribution >= 0.6 is 0 Å². The summed E-state index contributed by atoms with van der Waals surface area (Å²) in [5, 5.41) is 0. The van der Waals surface area contributed by atoms with Gasteiger partial charge in [-0.15, -0.1) is 0 Å². The maximum Gasteiger partial charge on any atom is 0.178 e. The Kier molecular flexibility index (Phi) is 4.20. The Balaban J connectivity index is 4.30. The highest BCUT2D eigenvalue weighted by molar-refractivity contribution is 6.00. The van der Waals surface area contributed by atoms with Crippen LogP contribution in [0.15, 0.2) is 36.0 Å². The van der Waals surface area contributed by atoms with E-state index in [9.17, 15) is 4.79 Å². The molecule has 0 atom stereocenters. The normalized spacial score (nSPS) is 10.6. The molecule has 0 spiro atoms. The molecule has 0 bridgehead atoms. The van der Waals surface area contributed by atoms with E-state index in [0.717, 1.165) is 11.1 Å². The first kappa shape index (κ1) is 9.89. The zero-order valence-corrected chi connectivity index (χ0v) is 7.35. The van der Waals surface area contributed by atoms with Gasteiger partial charge in [-0.3, -0.25) is 4.79 Å². The molecule has 1 heteroatoms. The number of ketones is 1. The molecule has 60 valence electrons. The topological polar surface area (TPSA) is 17.1 Å². The summed E-state index contributed by atoms with van der Waals surface area (Å²) >= 11 is 0. The second kappa shape index (κ2) is 4.67. The second-order valence-electron chi connectivity index (χ2n) is 2.72. The van der Waals surface area contributed by atoms with Gasteiger partial charge in [0, 0.05) is 0 Å². The number of allylic oxidation sites excluding steroid dienone is 5. The van der Waals surface area contributed by atoms with Crippen molar-refractivity contribution in [1.82, 2.24) is 0 Å². The minimum Gasteiger partial charge on any atom is -0.290 e. The molecule has 0 amide bonds. The lowest BCUT2D eigenvalue weighted by Crippen LogP contribution is -1.87. The molecule has 0 aromatic heterocycles. The van der Waals surface area contributed by atoms with Crippen LogP contribution in [0.5, 0.6) is 0 Å². The van der Waals surface area contributed by atoms with Crippen molar-refractivity contribution in [2.45, 2.75) is 20.8 Å². The molecule has 0 aliphatic heterocycles. The van der Waals surface area contributed by atoms with E-state index in [1.54, 1.807) is 18.2 Å². The Bertz CT molecular complexity index is 215. The molecule has 0 rings (SSSR count). The summed E-state index contributed by atoms with van der Waals surface area (Å²) in [5.74, 6) is 0.0300. The Morgan fingerprint density at radius 2 is 1.73 bits per heavy atom. The molecule has 0 saturated carbocycles. The van der Waals surface area contributed by atoms with Crippen molar-refractivity contribution < 1.29 is 4.79 Å². The number of rotatable bonds is 3. The summed E-state index contributed by atoms with van der Waals surface area (Å²) in [4.78, 5) is 11.0. The molecule has 1 nitrogen and oxygen atoms in total. The lowest BCUT2D eigenvalue weighted by atomic mass is 10.2. The van der Waals surface area contributed by atoms with Gasteiger partial charge in [-0.1, -0.05) is 18.2 Å². The van der Waals surface area contributed by atoms with Gasteiger partial charge in [-0.2, -0.15) is 0 Å². The average Bonchev–Trinajstić information content (AvgIpc) is 1.85. The smallest absolute Gasteiger partial charge is 0.178 e. The molecule has 0 radical (unpaired) electrons. The minimum absolute atomic E-state index is 0.0300. The summed E-state index contributed by atoms with van der Waals surface area (Å²) < 4.78 is 0. The molecule has 0 unspecified atom stereocenters. The summed E-state index contributed by atoms with van der Waals surface area (Å²) in [5.41, 5.74) is 1.91. The lowest BCUT2D eigenvalue weighted by Gasteiger charge is -1.88. The Hall–Kier alpha value is -1.11. The SMILES string of the molecule is C=C/C(C)=C\C(=O)C=C(C)C. The van der Waals surface area contributed by atoms with Crippen molar-refractivity contribution in [2.75, 3.05) is 0 Å². The lowest BCUT2D eigenvalue weighted by molar-refractivity contribution is -0.110. The van der Waals surface area contributed by atoms with Crippen LogP contribution in [0.3, 0.4) is 0 Å². The third-order valence-electron chi connectivity index (χ3n) is 1.12. The standard InChI is InChI=1S/C10H14O/c1-5-9(4)7-10(11)6-8(2)3/h5-7H,1H2,2-4H3/b9-7-. The molecule has 0 saturated heterocycles. The maximum atomic E-state index is 11.0. The number of carbonyl (C=O) groups is 1. The molecule has 0 aliphatic rings. The van der Waals surface area contributed by atoms with Gasteiger partial charge >= 0.3 is 0 Å². The molecule has 0 heterocycles. The zero-order valence-electron chi connectivity index (χ0n) is 7.35. The highest BCUT2D eigenvalue weighted by Crippen LogP contribution is 1.96. The fourth-order valence-corrected chi connectivity index (χ4v) is 0.610. The van der Waals surface area contributed by atoms with Gasteiger partial charge in [-0.25, -0.2) is 0 Å². The van der Waals surface area contributed by atoms with Crippen molar-refractivity contribution in [3.8, 4) is 0 Å². The Morgan fingerprint density at radius 1 is 1.18 bits per heavy atom. The van der Waals surface area contributed by atoms with E-state index in [1.165, 1.54) is 0 Å². The van der Waals surface area contributed by atoms with Gasteiger partial charge in [0.05, 0.1) is 0 Å². The molecular weight excluding hydrogens is 136 g/mol. The van der Waals surface area contributed by atoms with E-state index in [-0.39, 0.29) is 5.78 Å². The van der Waals surface area contributed by atoms with Gasteiger partial charge in [0.2, 0.25) is 0 Å². The summed E-state index contributed by atoms with van der Waals surface area (Å²) in [7, 11) is 0. The average molecular weight is 150 g/mol. The van der Waals surface area contributed by atoms with Gasteiger partial charge in [0.1, 0.15) is 0 Å². The molecule has 0 aromatic rings. The summed E-state index contributed by atoms with van der Waals surface area (Å²) in [6, 6.07) is 0. The first-order valence-electron chi connectivity index (χ1n) is 3.56. The molecule has 0 aromatic carbocycles. The zero-order chi connectivity index (χ0) is 8.85. The fraction of sp³-hybridized carbons (Fsp3) is 0.300. The van der Waals surface area contributed by atoms with Crippen molar-refractivity contribution in [1.29, 1.82) is 0 Å². The van der Waals surface area contributed by atoms with Crippen LogP contribution in [-0.4, -0.2) is 5.78 Å². The van der Waals surface area contributed by atoms with E-state index >= 15 is 0 Å². The van der Waals surface area contributed by atoms with Crippen molar-refractivity contribution in [3.05, 3.63) is 36.0 Å². The Labute approximate surface area is 68.1 Å². The van der Waals surface area contributed by atoms with E-state index in [2.05, 4.69) is 6.58 Å². The molecule has 0 N–H and O–H groups in total. The predicted molar refractivity (Wildman–Crippen MR) is 48.4 cm³/mol. The van der Waals surface area contributed by atoms with Crippen LogP contribution < -0.4 is 0 Å². The first-order valence-corrected chi connectivity index (χ1v) is 3.56.